The van der Waals surface area contributed by atoms with Crippen molar-refractivity contribution in [2.75, 3.05) is 31.3 Å². The van der Waals surface area contributed by atoms with Gasteiger partial charge in [-0.15, -0.1) is 11.3 Å². The molecular formula is C25H27N3O4S. The number of carbonyl (C=O) groups is 3. The molecule has 0 saturated carbocycles. The quantitative estimate of drug-likeness (QED) is 0.464. The molecule has 1 aromatic heterocycles. The van der Waals surface area contributed by atoms with Crippen LogP contribution in [0.2, 0.25) is 0 Å². The Labute approximate surface area is 197 Å². The summed E-state index contributed by atoms with van der Waals surface area (Å²) in [7, 11) is 3.33. The molecule has 0 aliphatic heterocycles. The number of ether oxygens (including phenoxy) is 1. The fraction of sp³-hybridized carbons (Fsp3) is 0.240. The Morgan fingerprint density at radius 2 is 1.73 bits per heavy atom. The fourth-order valence-electron chi connectivity index (χ4n) is 2.95. The van der Waals surface area contributed by atoms with Gasteiger partial charge in [0.1, 0.15) is 5.75 Å². The Morgan fingerprint density at radius 1 is 0.939 bits per heavy atom. The van der Waals surface area contributed by atoms with E-state index in [0.717, 1.165) is 12.8 Å². The third kappa shape index (κ3) is 7.76. The summed E-state index contributed by atoms with van der Waals surface area (Å²) >= 11 is 1.69. The molecule has 8 heteroatoms. The van der Waals surface area contributed by atoms with Gasteiger partial charge in [-0.05, 0) is 66.8 Å². The highest BCUT2D eigenvalue weighted by atomic mass is 32.1. The second-order valence-corrected chi connectivity index (χ2v) is 8.65. The van der Waals surface area contributed by atoms with Gasteiger partial charge in [-0.25, -0.2) is 0 Å². The van der Waals surface area contributed by atoms with Crippen LogP contribution in [0.4, 0.5) is 11.4 Å². The van der Waals surface area contributed by atoms with Gasteiger partial charge in [-0.2, -0.15) is 0 Å². The maximum Gasteiger partial charge on any atom is 0.259 e. The Balaban J connectivity index is 1.49. The molecule has 172 valence electrons. The van der Waals surface area contributed by atoms with E-state index in [2.05, 4.69) is 16.7 Å². The highest BCUT2D eigenvalue weighted by Crippen LogP contribution is 2.18. The first-order valence-corrected chi connectivity index (χ1v) is 11.5. The first-order valence-electron chi connectivity index (χ1n) is 10.6. The van der Waals surface area contributed by atoms with E-state index in [4.69, 9.17) is 4.74 Å². The lowest BCUT2D eigenvalue weighted by Gasteiger charge is -2.12. The van der Waals surface area contributed by atoms with Crippen LogP contribution in [0, 0.1) is 0 Å². The monoisotopic (exact) mass is 465 g/mol. The van der Waals surface area contributed by atoms with E-state index < -0.39 is 0 Å². The number of likely N-dealkylation sites (N-methyl/N-ethyl adjacent to an activating group) is 1. The van der Waals surface area contributed by atoms with Crippen LogP contribution in [0.15, 0.2) is 66.0 Å². The predicted molar refractivity (Wildman–Crippen MR) is 131 cm³/mol. The maximum atomic E-state index is 12.6. The molecule has 0 unspecified atom stereocenters. The van der Waals surface area contributed by atoms with Gasteiger partial charge in [-0.3, -0.25) is 14.4 Å². The van der Waals surface area contributed by atoms with Crippen molar-refractivity contribution in [2.45, 2.75) is 19.3 Å². The lowest BCUT2D eigenvalue weighted by molar-refractivity contribution is -0.130. The fourth-order valence-corrected chi connectivity index (χ4v) is 3.70. The largest absolute Gasteiger partial charge is 0.484 e. The minimum absolute atomic E-state index is 0.0503. The number of rotatable bonds is 10. The molecule has 0 fully saturated rings. The molecule has 0 saturated heterocycles. The molecule has 0 radical (unpaired) electrons. The Hall–Kier alpha value is -3.65. The maximum absolute atomic E-state index is 12.6. The van der Waals surface area contributed by atoms with Gasteiger partial charge in [0.15, 0.2) is 6.61 Å². The normalized spacial score (nSPS) is 10.4. The Morgan fingerprint density at radius 3 is 2.42 bits per heavy atom. The number of thiophene rings is 1. The van der Waals surface area contributed by atoms with Crippen molar-refractivity contribution in [3.63, 3.8) is 0 Å². The van der Waals surface area contributed by atoms with Gasteiger partial charge < -0.3 is 20.3 Å². The lowest BCUT2D eigenvalue weighted by atomic mass is 10.1. The molecule has 3 amide bonds. The van der Waals surface area contributed by atoms with Crippen molar-refractivity contribution < 1.29 is 19.1 Å². The molecule has 0 aliphatic carbocycles. The summed E-state index contributed by atoms with van der Waals surface area (Å²) in [6, 6.07) is 17.7. The van der Waals surface area contributed by atoms with Crippen LogP contribution in [0.25, 0.3) is 0 Å². The van der Waals surface area contributed by atoms with Crippen LogP contribution in [0.3, 0.4) is 0 Å². The van der Waals surface area contributed by atoms with Gasteiger partial charge in [0.25, 0.3) is 11.8 Å². The smallest absolute Gasteiger partial charge is 0.259 e. The summed E-state index contributed by atoms with van der Waals surface area (Å²) < 4.78 is 5.43. The van der Waals surface area contributed by atoms with Crippen molar-refractivity contribution in [1.82, 2.24) is 4.90 Å². The van der Waals surface area contributed by atoms with E-state index in [9.17, 15) is 14.4 Å². The molecule has 0 atom stereocenters. The van der Waals surface area contributed by atoms with E-state index in [0.29, 0.717) is 29.1 Å². The number of aryl methyl sites for hydroxylation is 1. The third-order valence-electron chi connectivity index (χ3n) is 4.79. The first kappa shape index (κ1) is 24.0. The van der Waals surface area contributed by atoms with Crippen molar-refractivity contribution >= 4 is 40.4 Å². The second kappa shape index (κ2) is 11.8. The second-order valence-electron chi connectivity index (χ2n) is 7.62. The van der Waals surface area contributed by atoms with Gasteiger partial charge in [-0.1, -0.05) is 12.1 Å². The molecule has 7 nitrogen and oxygen atoms in total. The van der Waals surface area contributed by atoms with Gasteiger partial charge >= 0.3 is 0 Å². The average molecular weight is 466 g/mol. The van der Waals surface area contributed by atoms with Crippen LogP contribution in [-0.2, 0) is 16.0 Å². The zero-order valence-electron chi connectivity index (χ0n) is 18.7. The van der Waals surface area contributed by atoms with E-state index in [1.54, 1.807) is 74.0 Å². The zero-order valence-corrected chi connectivity index (χ0v) is 19.5. The topological polar surface area (TPSA) is 87.7 Å². The third-order valence-corrected chi connectivity index (χ3v) is 5.73. The van der Waals surface area contributed by atoms with Crippen LogP contribution < -0.4 is 15.4 Å². The van der Waals surface area contributed by atoms with Crippen molar-refractivity contribution in [2.24, 2.45) is 0 Å². The van der Waals surface area contributed by atoms with Crippen LogP contribution in [0.5, 0.6) is 5.75 Å². The number of nitrogens with one attached hydrogen (secondary N) is 2. The zero-order chi connectivity index (χ0) is 23.6. The molecule has 0 spiro atoms. The van der Waals surface area contributed by atoms with E-state index in [1.807, 2.05) is 11.4 Å². The summed E-state index contributed by atoms with van der Waals surface area (Å²) in [4.78, 5) is 39.2. The van der Waals surface area contributed by atoms with E-state index in [1.165, 1.54) is 9.78 Å². The summed E-state index contributed by atoms with van der Waals surface area (Å²) in [6.45, 7) is -0.0503. The number of hydrogen-bond acceptors (Lipinski definition) is 5. The van der Waals surface area contributed by atoms with Crippen LogP contribution in [-0.4, -0.2) is 43.3 Å². The van der Waals surface area contributed by atoms with E-state index >= 15 is 0 Å². The van der Waals surface area contributed by atoms with Crippen LogP contribution >= 0.6 is 11.3 Å². The van der Waals surface area contributed by atoms with Crippen molar-refractivity contribution in [1.29, 1.82) is 0 Å². The number of nitrogens with zero attached hydrogens (tertiary/aromatic N) is 1. The molecule has 0 bridgehead atoms. The van der Waals surface area contributed by atoms with Gasteiger partial charge in [0, 0.05) is 42.3 Å². The molecular weight excluding hydrogens is 438 g/mol. The molecule has 3 aromatic rings. The van der Waals surface area contributed by atoms with Gasteiger partial charge in [0.05, 0.1) is 0 Å². The lowest BCUT2D eigenvalue weighted by Crippen LogP contribution is -2.27. The number of carbonyl (C=O) groups excluding carboxylic acids is 3. The number of amides is 3. The van der Waals surface area contributed by atoms with Crippen molar-refractivity contribution in [3.8, 4) is 5.75 Å². The SMILES string of the molecule is CN(C)C(=O)COc1ccc(NC(=O)c2cccc(NC(=O)CCCc3cccs3)c2)cc1. The standard InChI is InChI=1S/C25H27N3O4S/c1-28(2)24(30)17-32-21-13-11-19(12-14-21)27-25(31)18-6-3-7-20(16-18)26-23(29)10-4-8-22-9-5-15-33-22/h3,5-7,9,11-16H,4,8,10,17H2,1-2H3,(H,26,29)(H,27,31). The molecule has 1 heterocycles. The number of hydrogen-bond donors (Lipinski definition) is 2. The molecule has 2 aromatic carbocycles. The summed E-state index contributed by atoms with van der Waals surface area (Å²) in [5.41, 5.74) is 1.61. The highest BCUT2D eigenvalue weighted by molar-refractivity contribution is 7.09. The number of anilines is 2. The minimum atomic E-state index is -0.291. The van der Waals surface area contributed by atoms with Gasteiger partial charge in [0.2, 0.25) is 5.91 Å². The Bertz CT molecular complexity index is 1080. The Kier molecular flexibility index (Phi) is 8.60. The molecule has 2 N–H and O–H groups in total. The summed E-state index contributed by atoms with van der Waals surface area (Å²) in [5.74, 6) is 0.0292. The highest BCUT2D eigenvalue weighted by Gasteiger charge is 2.10. The minimum Gasteiger partial charge on any atom is -0.484 e. The first-order chi connectivity index (χ1) is 15.9. The van der Waals surface area contributed by atoms with E-state index in [-0.39, 0.29) is 24.3 Å². The number of benzene rings is 2. The molecule has 3 rings (SSSR count). The van der Waals surface area contributed by atoms with Crippen molar-refractivity contribution in [3.05, 3.63) is 76.5 Å². The van der Waals surface area contributed by atoms with Crippen LogP contribution in [0.1, 0.15) is 28.1 Å². The summed E-state index contributed by atoms with van der Waals surface area (Å²) in [5, 5.41) is 7.70. The predicted octanol–water partition coefficient (Wildman–Crippen LogP) is 4.43. The summed E-state index contributed by atoms with van der Waals surface area (Å²) in [6.07, 6.45) is 2.07. The average Bonchev–Trinajstić information content (AvgIpc) is 3.32. The molecule has 33 heavy (non-hydrogen) atoms. The molecule has 0 aliphatic rings.